The second kappa shape index (κ2) is 7.19. The van der Waals surface area contributed by atoms with Gasteiger partial charge in [-0.1, -0.05) is 0 Å². The summed E-state index contributed by atoms with van der Waals surface area (Å²) in [6, 6.07) is 7.38. The third kappa shape index (κ3) is 3.62. The second-order valence-corrected chi connectivity index (χ2v) is 8.62. The number of hydrogen-bond acceptors (Lipinski definition) is 4. The van der Waals surface area contributed by atoms with Crippen LogP contribution in [0.4, 0.5) is 0 Å². The Kier molecular flexibility index (Phi) is 5.21. The summed E-state index contributed by atoms with van der Waals surface area (Å²) in [5.74, 6) is -0.0628. The highest BCUT2D eigenvalue weighted by atomic mass is 127. The zero-order valence-electron chi connectivity index (χ0n) is 12.9. The first-order valence-corrected chi connectivity index (χ1v) is 10.0. The lowest BCUT2D eigenvalue weighted by atomic mass is 10.2. The molecule has 1 fully saturated rings. The van der Waals surface area contributed by atoms with Crippen molar-refractivity contribution in [2.24, 2.45) is 0 Å². The van der Waals surface area contributed by atoms with E-state index in [0.717, 1.165) is 3.57 Å². The number of carbonyl (C=O) groups is 1. The van der Waals surface area contributed by atoms with Crippen LogP contribution < -0.4 is 0 Å². The monoisotopic (exact) mass is 460 g/mol. The molecule has 1 aliphatic heterocycles. The minimum atomic E-state index is -3.59. The summed E-state index contributed by atoms with van der Waals surface area (Å²) < 4.78 is 27.5. The van der Waals surface area contributed by atoms with E-state index in [4.69, 9.17) is 0 Å². The SMILES string of the molecule is O=C(c1ccc(I)cc1)N1CCCN(S(=O)(=O)c2cnc[nH]2)CC1. The predicted molar refractivity (Wildman–Crippen MR) is 97.0 cm³/mol. The first kappa shape index (κ1) is 17.4. The Labute approximate surface area is 154 Å². The molecule has 2 heterocycles. The molecule has 0 spiro atoms. The standard InChI is InChI=1S/C15H17IN4O3S/c16-13-4-2-12(3-5-13)15(21)19-6-1-7-20(9-8-19)24(22,23)14-10-17-11-18-14/h2-5,10-11H,1,6-9H2,(H,17,18). The van der Waals surface area contributed by atoms with Crippen molar-refractivity contribution in [2.75, 3.05) is 26.2 Å². The van der Waals surface area contributed by atoms with Crippen LogP contribution in [0.3, 0.4) is 0 Å². The molecule has 0 radical (unpaired) electrons. The second-order valence-electron chi connectivity index (χ2n) is 5.47. The van der Waals surface area contributed by atoms with Crippen molar-refractivity contribution in [1.29, 1.82) is 0 Å². The lowest BCUT2D eigenvalue weighted by Gasteiger charge is -2.21. The van der Waals surface area contributed by atoms with E-state index in [1.807, 2.05) is 12.1 Å². The molecule has 1 N–H and O–H groups in total. The highest BCUT2D eigenvalue weighted by Crippen LogP contribution is 2.17. The van der Waals surface area contributed by atoms with E-state index >= 15 is 0 Å². The van der Waals surface area contributed by atoms with Gasteiger partial charge in [0.1, 0.15) is 0 Å². The van der Waals surface area contributed by atoms with Gasteiger partial charge in [0.05, 0.1) is 12.5 Å². The molecule has 9 heteroatoms. The number of benzene rings is 1. The first-order chi connectivity index (χ1) is 11.5. The Balaban J connectivity index is 1.71. The van der Waals surface area contributed by atoms with E-state index in [0.29, 0.717) is 31.6 Å². The van der Waals surface area contributed by atoms with Crippen molar-refractivity contribution < 1.29 is 13.2 Å². The highest BCUT2D eigenvalue weighted by molar-refractivity contribution is 14.1. The van der Waals surface area contributed by atoms with Crippen LogP contribution in [0.25, 0.3) is 0 Å². The molecule has 0 aliphatic carbocycles. The Hall–Kier alpha value is -1.46. The van der Waals surface area contributed by atoms with Crippen molar-refractivity contribution in [1.82, 2.24) is 19.2 Å². The summed E-state index contributed by atoms with van der Waals surface area (Å²) in [6.07, 6.45) is 3.25. The molecule has 0 saturated carbocycles. The normalized spacial score (nSPS) is 16.8. The van der Waals surface area contributed by atoms with Crippen LogP contribution in [0.1, 0.15) is 16.8 Å². The van der Waals surface area contributed by atoms with Crippen LogP contribution in [0.15, 0.2) is 41.8 Å². The number of carbonyl (C=O) groups excluding carboxylic acids is 1. The molecule has 7 nitrogen and oxygen atoms in total. The Bertz CT molecular complexity index is 806. The van der Waals surface area contributed by atoms with Gasteiger partial charge in [0.15, 0.2) is 5.03 Å². The van der Waals surface area contributed by atoms with Gasteiger partial charge in [-0.25, -0.2) is 13.4 Å². The number of nitrogens with one attached hydrogen (secondary N) is 1. The van der Waals surface area contributed by atoms with Gasteiger partial charge in [-0.15, -0.1) is 0 Å². The summed E-state index contributed by atoms with van der Waals surface area (Å²) in [6.45, 7) is 1.58. The number of halogens is 1. The molecule has 1 aromatic carbocycles. The average Bonchev–Trinajstić information content (AvgIpc) is 3.00. The minimum absolute atomic E-state index is 0.0628. The Morgan fingerprint density at radius 2 is 1.88 bits per heavy atom. The lowest BCUT2D eigenvalue weighted by molar-refractivity contribution is 0.0764. The fourth-order valence-electron chi connectivity index (χ4n) is 2.64. The maximum atomic E-state index is 12.6. The number of imidazole rings is 1. The van der Waals surface area contributed by atoms with E-state index in [2.05, 4.69) is 32.6 Å². The maximum Gasteiger partial charge on any atom is 0.260 e. The van der Waals surface area contributed by atoms with Crippen molar-refractivity contribution in [2.45, 2.75) is 11.4 Å². The van der Waals surface area contributed by atoms with Crippen molar-refractivity contribution in [3.63, 3.8) is 0 Å². The highest BCUT2D eigenvalue weighted by Gasteiger charge is 2.29. The molecule has 0 atom stereocenters. The molecule has 1 aromatic heterocycles. The van der Waals surface area contributed by atoms with E-state index in [9.17, 15) is 13.2 Å². The van der Waals surface area contributed by atoms with Gasteiger partial charge < -0.3 is 9.88 Å². The van der Waals surface area contributed by atoms with E-state index in [1.165, 1.54) is 16.8 Å². The number of aromatic nitrogens is 2. The number of sulfonamides is 1. The third-order valence-electron chi connectivity index (χ3n) is 3.92. The number of hydrogen-bond donors (Lipinski definition) is 1. The van der Waals surface area contributed by atoms with Crippen LogP contribution in [0.5, 0.6) is 0 Å². The van der Waals surface area contributed by atoms with E-state index in [1.54, 1.807) is 17.0 Å². The molecule has 128 valence electrons. The summed E-state index contributed by atoms with van der Waals surface area (Å²) in [5.41, 5.74) is 0.625. The summed E-state index contributed by atoms with van der Waals surface area (Å²) in [4.78, 5) is 20.7. The van der Waals surface area contributed by atoms with E-state index in [-0.39, 0.29) is 17.5 Å². The zero-order chi connectivity index (χ0) is 17.2. The molecular formula is C15H17IN4O3S. The zero-order valence-corrected chi connectivity index (χ0v) is 15.8. The quantitative estimate of drug-likeness (QED) is 0.705. The molecule has 1 saturated heterocycles. The first-order valence-electron chi connectivity index (χ1n) is 7.52. The molecule has 1 amide bonds. The van der Waals surface area contributed by atoms with Crippen molar-refractivity contribution >= 4 is 38.5 Å². The van der Waals surface area contributed by atoms with Gasteiger partial charge >= 0.3 is 0 Å². The molecule has 1 aliphatic rings. The number of aromatic amines is 1. The minimum Gasteiger partial charge on any atom is -0.337 e. The van der Waals surface area contributed by atoms with Gasteiger partial charge in [-0.2, -0.15) is 4.31 Å². The molecule has 0 bridgehead atoms. The summed E-state index contributed by atoms with van der Waals surface area (Å²) in [7, 11) is -3.59. The number of rotatable bonds is 3. The van der Waals surface area contributed by atoms with Gasteiger partial charge in [0, 0.05) is 35.3 Å². The number of nitrogens with zero attached hydrogens (tertiary/aromatic N) is 3. The smallest absolute Gasteiger partial charge is 0.260 e. The summed E-state index contributed by atoms with van der Waals surface area (Å²) in [5, 5.41) is 0.0833. The van der Waals surface area contributed by atoms with Crippen LogP contribution in [0.2, 0.25) is 0 Å². The van der Waals surface area contributed by atoms with Gasteiger partial charge in [-0.3, -0.25) is 4.79 Å². The van der Waals surface area contributed by atoms with Crippen LogP contribution in [-0.2, 0) is 10.0 Å². The average molecular weight is 460 g/mol. The number of amides is 1. The Morgan fingerprint density at radius 3 is 2.54 bits per heavy atom. The lowest BCUT2D eigenvalue weighted by Crippen LogP contribution is -2.37. The predicted octanol–water partition coefficient (Wildman–Crippen LogP) is 1.55. The van der Waals surface area contributed by atoms with Crippen molar-refractivity contribution in [3.8, 4) is 0 Å². The molecule has 3 rings (SSSR count). The largest absolute Gasteiger partial charge is 0.337 e. The Morgan fingerprint density at radius 1 is 1.12 bits per heavy atom. The molecule has 0 unspecified atom stereocenters. The number of H-pyrrole nitrogens is 1. The van der Waals surface area contributed by atoms with Crippen LogP contribution in [0, 0.1) is 3.57 Å². The van der Waals surface area contributed by atoms with Crippen molar-refractivity contribution in [3.05, 3.63) is 45.9 Å². The maximum absolute atomic E-state index is 12.6. The van der Waals surface area contributed by atoms with Crippen LogP contribution in [-0.4, -0.2) is 59.7 Å². The molecular weight excluding hydrogens is 443 g/mol. The van der Waals surface area contributed by atoms with Gasteiger partial charge in [0.2, 0.25) is 0 Å². The van der Waals surface area contributed by atoms with Crippen LogP contribution >= 0.6 is 22.6 Å². The molecule has 2 aromatic rings. The van der Waals surface area contributed by atoms with E-state index < -0.39 is 10.0 Å². The van der Waals surface area contributed by atoms with Gasteiger partial charge in [-0.05, 0) is 53.3 Å². The fraction of sp³-hybridized carbons (Fsp3) is 0.333. The topological polar surface area (TPSA) is 86.4 Å². The van der Waals surface area contributed by atoms with Gasteiger partial charge in [0.25, 0.3) is 15.9 Å². The summed E-state index contributed by atoms with van der Waals surface area (Å²) >= 11 is 2.19. The third-order valence-corrected chi connectivity index (χ3v) is 6.47. The fourth-order valence-corrected chi connectivity index (χ4v) is 4.36. The molecule has 24 heavy (non-hydrogen) atoms.